The van der Waals surface area contributed by atoms with E-state index in [2.05, 4.69) is 60.1 Å². The molecule has 0 amide bonds. The number of aliphatic imine (C=N–C) groups is 1. The number of fused-ring (bicyclic) bond motifs is 1. The Balaban J connectivity index is 1.78. The van der Waals surface area contributed by atoms with Crippen molar-refractivity contribution in [3.05, 3.63) is 65.5 Å². The number of rotatable bonds is 3. The Morgan fingerprint density at radius 1 is 1.17 bits per heavy atom. The highest BCUT2D eigenvalue weighted by Crippen LogP contribution is 2.48. The van der Waals surface area contributed by atoms with Gasteiger partial charge in [0.25, 0.3) is 0 Å². The molecule has 1 aromatic heterocycles. The predicted octanol–water partition coefficient (Wildman–Crippen LogP) is 4.37. The van der Waals surface area contributed by atoms with Gasteiger partial charge in [-0.2, -0.15) is 0 Å². The lowest BCUT2D eigenvalue weighted by Crippen LogP contribution is -2.35. The van der Waals surface area contributed by atoms with E-state index >= 15 is 0 Å². The molecule has 0 aliphatic carbocycles. The summed E-state index contributed by atoms with van der Waals surface area (Å²) in [5.41, 5.74) is 3.70. The number of hydrogen-bond donors (Lipinski definition) is 0. The average molecular weight is 323 g/mol. The lowest BCUT2D eigenvalue weighted by Gasteiger charge is -2.32. The molecule has 2 aromatic rings. The van der Waals surface area contributed by atoms with Gasteiger partial charge in [0.15, 0.2) is 5.17 Å². The fraction of sp³-hybridized carbons (Fsp3) is 0.368. The van der Waals surface area contributed by atoms with Crippen molar-refractivity contribution >= 4 is 16.9 Å². The van der Waals surface area contributed by atoms with Crippen LogP contribution in [0.4, 0.5) is 0 Å². The van der Waals surface area contributed by atoms with Crippen molar-refractivity contribution < 1.29 is 0 Å². The van der Waals surface area contributed by atoms with Crippen LogP contribution in [0.5, 0.6) is 0 Å². The predicted molar refractivity (Wildman–Crippen MR) is 96.7 cm³/mol. The second kappa shape index (κ2) is 6.00. The van der Waals surface area contributed by atoms with Crippen molar-refractivity contribution in [3.8, 4) is 0 Å². The fourth-order valence-electron chi connectivity index (χ4n) is 3.47. The molecule has 2 aliphatic heterocycles. The zero-order valence-corrected chi connectivity index (χ0v) is 14.3. The first-order valence-electron chi connectivity index (χ1n) is 8.24. The van der Waals surface area contributed by atoms with Crippen molar-refractivity contribution in [2.45, 2.75) is 38.4 Å². The van der Waals surface area contributed by atoms with Crippen molar-refractivity contribution in [3.63, 3.8) is 0 Å². The van der Waals surface area contributed by atoms with Crippen LogP contribution >= 0.6 is 11.8 Å². The number of benzene rings is 1. The molecule has 2 aliphatic rings. The Kier molecular flexibility index (Phi) is 3.85. The van der Waals surface area contributed by atoms with E-state index in [9.17, 15) is 0 Å². The fourth-order valence-corrected chi connectivity index (χ4v) is 4.81. The Hall–Kier alpha value is -1.81. The number of thioether (sulfide) groups is 1. The quantitative estimate of drug-likeness (QED) is 0.840. The average Bonchev–Trinajstić information content (AvgIpc) is 3.15. The van der Waals surface area contributed by atoms with Crippen molar-refractivity contribution in [1.82, 2.24) is 9.88 Å². The summed E-state index contributed by atoms with van der Waals surface area (Å²) in [6, 6.07) is 16.0. The van der Waals surface area contributed by atoms with Crippen LogP contribution in [0.15, 0.2) is 53.7 Å². The molecule has 118 valence electrons. The first-order chi connectivity index (χ1) is 11.3. The number of aryl methyl sites for hydroxylation is 1. The lowest BCUT2D eigenvalue weighted by molar-refractivity contribution is 0.255. The van der Waals surface area contributed by atoms with Gasteiger partial charge < -0.3 is 4.90 Å². The number of nitrogens with zero attached hydrogens (tertiary/aromatic N) is 3. The maximum absolute atomic E-state index is 5.04. The van der Waals surface area contributed by atoms with Gasteiger partial charge in [-0.15, -0.1) is 0 Å². The van der Waals surface area contributed by atoms with Crippen molar-refractivity contribution in [2.75, 3.05) is 5.75 Å². The third-order valence-electron chi connectivity index (χ3n) is 4.75. The Labute approximate surface area is 141 Å². The smallest absolute Gasteiger partial charge is 0.160 e. The summed E-state index contributed by atoms with van der Waals surface area (Å²) >= 11 is 1.89. The molecule has 23 heavy (non-hydrogen) atoms. The van der Waals surface area contributed by atoms with Crippen LogP contribution in [0.1, 0.15) is 42.2 Å². The second-order valence-electron chi connectivity index (χ2n) is 6.25. The van der Waals surface area contributed by atoms with E-state index in [1.165, 1.54) is 16.3 Å². The molecule has 3 nitrogen and oxygen atoms in total. The molecular formula is C19H21N3S. The summed E-state index contributed by atoms with van der Waals surface area (Å²) in [6.07, 6.45) is 3.03. The molecular weight excluding hydrogens is 302 g/mol. The maximum atomic E-state index is 5.04. The molecule has 0 unspecified atom stereocenters. The zero-order chi connectivity index (χ0) is 15.8. The minimum atomic E-state index is 0.0933. The number of aromatic nitrogens is 1. The van der Waals surface area contributed by atoms with Gasteiger partial charge in [0, 0.05) is 18.0 Å². The molecule has 0 spiro atoms. The molecule has 0 bridgehead atoms. The highest BCUT2D eigenvalue weighted by molar-refractivity contribution is 8.14. The minimum Gasteiger partial charge on any atom is -0.338 e. The molecule has 4 heteroatoms. The van der Waals surface area contributed by atoms with Gasteiger partial charge in [-0.3, -0.25) is 9.98 Å². The number of hydrogen-bond acceptors (Lipinski definition) is 4. The van der Waals surface area contributed by atoms with E-state index < -0.39 is 0 Å². The Bertz CT molecular complexity index is 711. The van der Waals surface area contributed by atoms with E-state index in [0.29, 0.717) is 6.04 Å². The van der Waals surface area contributed by atoms with Gasteiger partial charge in [0.05, 0.1) is 11.7 Å². The molecule has 1 aromatic carbocycles. The van der Waals surface area contributed by atoms with Crippen LogP contribution in [-0.4, -0.2) is 26.8 Å². The molecule has 3 atom stereocenters. The summed E-state index contributed by atoms with van der Waals surface area (Å²) in [6.45, 7) is 4.41. The lowest BCUT2D eigenvalue weighted by atomic mass is 9.94. The van der Waals surface area contributed by atoms with Crippen LogP contribution in [0.2, 0.25) is 0 Å². The molecule has 0 radical (unpaired) electrons. The Morgan fingerprint density at radius 3 is 2.70 bits per heavy atom. The molecule has 1 fully saturated rings. The van der Waals surface area contributed by atoms with E-state index in [1.54, 1.807) is 0 Å². The van der Waals surface area contributed by atoms with Gasteiger partial charge in [-0.25, -0.2) is 0 Å². The SMILES string of the molecule is CC[C@@H]1CSC2=N[C@H](c3ccccn3)[C@@H](c3ccc(C)cc3)N21. The summed E-state index contributed by atoms with van der Waals surface area (Å²) < 4.78 is 0. The van der Waals surface area contributed by atoms with Crippen LogP contribution in [0.25, 0.3) is 0 Å². The van der Waals surface area contributed by atoms with Crippen molar-refractivity contribution in [1.29, 1.82) is 0 Å². The largest absolute Gasteiger partial charge is 0.338 e. The third-order valence-corrected chi connectivity index (χ3v) is 5.87. The third kappa shape index (κ3) is 2.55. The molecule has 0 N–H and O–H groups in total. The van der Waals surface area contributed by atoms with Crippen LogP contribution in [0.3, 0.4) is 0 Å². The van der Waals surface area contributed by atoms with Crippen LogP contribution < -0.4 is 0 Å². The molecule has 3 heterocycles. The summed E-state index contributed by atoms with van der Waals surface area (Å²) in [7, 11) is 0. The summed E-state index contributed by atoms with van der Waals surface area (Å²) in [5, 5.41) is 1.19. The van der Waals surface area contributed by atoms with E-state index in [0.717, 1.165) is 17.9 Å². The van der Waals surface area contributed by atoms with Crippen LogP contribution in [-0.2, 0) is 0 Å². The first-order valence-corrected chi connectivity index (χ1v) is 9.23. The minimum absolute atomic E-state index is 0.0933. The molecule has 0 saturated carbocycles. The van der Waals surface area contributed by atoms with E-state index in [4.69, 9.17) is 4.99 Å². The van der Waals surface area contributed by atoms with Gasteiger partial charge in [-0.1, -0.05) is 54.6 Å². The molecule has 1 saturated heterocycles. The molecule has 4 rings (SSSR count). The highest BCUT2D eigenvalue weighted by Gasteiger charge is 2.45. The van der Waals surface area contributed by atoms with Gasteiger partial charge in [0.2, 0.25) is 0 Å². The van der Waals surface area contributed by atoms with Gasteiger partial charge in [-0.05, 0) is 31.0 Å². The highest BCUT2D eigenvalue weighted by atomic mass is 32.2. The monoisotopic (exact) mass is 323 g/mol. The van der Waals surface area contributed by atoms with Gasteiger partial charge >= 0.3 is 0 Å². The number of amidine groups is 1. The summed E-state index contributed by atoms with van der Waals surface area (Å²) in [4.78, 5) is 12.2. The topological polar surface area (TPSA) is 28.5 Å². The standard InChI is InChI=1S/C19H21N3S/c1-3-15-12-23-19-21-17(16-6-4-5-11-20-16)18(22(15)19)14-9-7-13(2)8-10-14/h4-11,15,17-18H,3,12H2,1-2H3/t15-,17-,18-/m1/s1. The number of pyridine rings is 1. The van der Waals surface area contributed by atoms with E-state index in [-0.39, 0.29) is 12.1 Å². The normalized spacial score (nSPS) is 26.3. The Morgan fingerprint density at radius 2 is 2.00 bits per heavy atom. The van der Waals surface area contributed by atoms with Gasteiger partial charge in [0.1, 0.15) is 6.04 Å². The first kappa shape index (κ1) is 14.8. The zero-order valence-electron chi connectivity index (χ0n) is 13.5. The second-order valence-corrected chi connectivity index (χ2v) is 7.23. The maximum Gasteiger partial charge on any atom is 0.160 e. The van der Waals surface area contributed by atoms with Crippen LogP contribution in [0, 0.1) is 6.92 Å². The van der Waals surface area contributed by atoms with Crippen molar-refractivity contribution in [2.24, 2.45) is 4.99 Å². The summed E-state index contributed by atoms with van der Waals surface area (Å²) in [5.74, 6) is 1.15. The van der Waals surface area contributed by atoms with E-state index in [1.807, 2.05) is 24.0 Å².